The van der Waals surface area contributed by atoms with E-state index in [2.05, 4.69) is 15.1 Å². The van der Waals surface area contributed by atoms with Gasteiger partial charge in [-0.25, -0.2) is 23.1 Å². The minimum absolute atomic E-state index is 0.00320. The number of sulfone groups is 1. The summed E-state index contributed by atoms with van der Waals surface area (Å²) in [6.07, 6.45) is -3.57. The Morgan fingerprint density at radius 3 is 2.48 bits per heavy atom. The monoisotopic (exact) mass is 403 g/mol. The maximum Gasteiger partial charge on any atom is 0.433 e. The second kappa shape index (κ2) is 6.22. The highest BCUT2D eigenvalue weighted by molar-refractivity contribution is 7.91. The summed E-state index contributed by atoms with van der Waals surface area (Å²) in [6, 6.07) is 0.812. The number of methoxy groups -OCH3 is 1. The average Bonchev–Trinajstić information content (AvgIpc) is 3.11. The number of hydrogen-bond donors (Lipinski definition) is 0. The summed E-state index contributed by atoms with van der Waals surface area (Å²) < 4.78 is 71.7. The Morgan fingerprint density at radius 2 is 1.93 bits per heavy atom. The van der Waals surface area contributed by atoms with Gasteiger partial charge in [-0.3, -0.25) is 0 Å². The number of nitrogens with zero attached hydrogens (tertiary/aromatic N) is 5. The molecular weight excluding hydrogens is 387 g/mol. The average molecular weight is 403 g/mol. The van der Waals surface area contributed by atoms with Crippen LogP contribution in [-0.4, -0.2) is 45.6 Å². The van der Waals surface area contributed by atoms with Crippen LogP contribution in [-0.2, 0) is 30.1 Å². The van der Waals surface area contributed by atoms with E-state index in [0.29, 0.717) is 5.52 Å². The van der Waals surface area contributed by atoms with E-state index in [0.717, 1.165) is 12.3 Å². The van der Waals surface area contributed by atoms with Crippen molar-refractivity contribution in [1.82, 2.24) is 24.3 Å². The lowest BCUT2D eigenvalue weighted by atomic mass is 10.3. The van der Waals surface area contributed by atoms with Crippen molar-refractivity contribution >= 4 is 20.9 Å². The van der Waals surface area contributed by atoms with Crippen LogP contribution in [0.2, 0.25) is 0 Å². The zero-order valence-corrected chi connectivity index (χ0v) is 15.7. The fourth-order valence-corrected chi connectivity index (χ4v) is 3.94. The minimum Gasteiger partial charge on any atom is -0.480 e. The molecule has 0 bridgehead atoms. The number of fused-ring (bicyclic) bond motifs is 1. The molecule has 0 saturated heterocycles. The molecule has 3 rings (SSSR count). The molecule has 0 fully saturated rings. The first-order valence-corrected chi connectivity index (χ1v) is 9.40. The zero-order chi connectivity index (χ0) is 20.1. The van der Waals surface area contributed by atoms with Gasteiger partial charge in [0.2, 0.25) is 5.88 Å². The van der Waals surface area contributed by atoms with E-state index in [1.807, 2.05) is 0 Å². The molecule has 0 aliphatic heterocycles. The van der Waals surface area contributed by atoms with Crippen LogP contribution in [0.25, 0.3) is 22.6 Å². The largest absolute Gasteiger partial charge is 0.480 e. The van der Waals surface area contributed by atoms with Gasteiger partial charge in [0.25, 0.3) is 0 Å². The molecule has 3 aromatic rings. The van der Waals surface area contributed by atoms with Gasteiger partial charge in [0, 0.05) is 14.1 Å². The standard InChI is InChI=1S/C15H16F3N5O3S/c1-5-27(24,25)12-11(21-23(3)14(12)26-4)13-20-8-6-10(15(16,17)18)19-7-9(8)22(13)2/h6-7H,5H2,1-4H3. The number of imidazole rings is 1. The summed E-state index contributed by atoms with van der Waals surface area (Å²) in [4.78, 5) is 7.44. The molecule has 8 nitrogen and oxygen atoms in total. The smallest absolute Gasteiger partial charge is 0.433 e. The van der Waals surface area contributed by atoms with E-state index in [9.17, 15) is 21.6 Å². The summed E-state index contributed by atoms with van der Waals surface area (Å²) in [6.45, 7) is 1.47. The minimum atomic E-state index is -4.61. The van der Waals surface area contributed by atoms with Crippen molar-refractivity contribution in [3.63, 3.8) is 0 Å². The third-order valence-electron chi connectivity index (χ3n) is 4.11. The summed E-state index contributed by atoms with van der Waals surface area (Å²) in [5, 5.41) is 4.18. The molecule has 0 unspecified atom stereocenters. The molecule has 3 aromatic heterocycles. The quantitative estimate of drug-likeness (QED) is 0.663. The molecule has 0 spiro atoms. The lowest BCUT2D eigenvalue weighted by molar-refractivity contribution is -0.141. The summed E-state index contributed by atoms with van der Waals surface area (Å²) in [5.74, 6) is -0.0868. The van der Waals surface area contributed by atoms with Gasteiger partial charge in [-0.2, -0.15) is 18.3 Å². The van der Waals surface area contributed by atoms with Gasteiger partial charge in [0.1, 0.15) is 5.69 Å². The summed E-state index contributed by atoms with van der Waals surface area (Å²) in [7, 11) is 0.615. The molecule has 12 heteroatoms. The van der Waals surface area contributed by atoms with Crippen LogP contribution in [0.3, 0.4) is 0 Å². The second-order valence-corrected chi connectivity index (χ2v) is 7.98. The van der Waals surface area contributed by atoms with Crippen molar-refractivity contribution in [2.24, 2.45) is 14.1 Å². The lowest BCUT2D eigenvalue weighted by Gasteiger charge is -2.06. The van der Waals surface area contributed by atoms with Gasteiger partial charge in [-0.05, 0) is 6.07 Å². The SMILES string of the molecule is CCS(=O)(=O)c1c(-c2nc3cc(C(F)(F)F)ncc3n2C)nn(C)c1OC. The fraction of sp³-hybridized carbons (Fsp3) is 0.400. The highest BCUT2D eigenvalue weighted by Crippen LogP contribution is 2.36. The fourth-order valence-electron chi connectivity index (χ4n) is 2.74. The number of aryl methyl sites for hydroxylation is 2. The van der Waals surface area contributed by atoms with Crippen molar-refractivity contribution in [3.05, 3.63) is 18.0 Å². The summed E-state index contributed by atoms with van der Waals surface area (Å²) >= 11 is 0. The molecule has 3 heterocycles. The zero-order valence-electron chi connectivity index (χ0n) is 14.9. The predicted molar refractivity (Wildman–Crippen MR) is 90.0 cm³/mol. The van der Waals surface area contributed by atoms with Gasteiger partial charge < -0.3 is 9.30 Å². The molecule has 0 aliphatic carbocycles. The van der Waals surface area contributed by atoms with Crippen LogP contribution < -0.4 is 4.74 Å². The van der Waals surface area contributed by atoms with Crippen LogP contribution in [0.5, 0.6) is 5.88 Å². The highest BCUT2D eigenvalue weighted by atomic mass is 32.2. The van der Waals surface area contributed by atoms with Crippen molar-refractivity contribution in [1.29, 1.82) is 0 Å². The maximum absolute atomic E-state index is 12.9. The Bertz CT molecular complexity index is 1130. The molecule has 0 amide bonds. The van der Waals surface area contributed by atoms with Crippen molar-refractivity contribution in [2.45, 2.75) is 18.0 Å². The molecular formula is C15H16F3N5O3S. The predicted octanol–water partition coefficient (Wildman–Crippen LogP) is 2.19. The van der Waals surface area contributed by atoms with Gasteiger partial charge in [-0.15, -0.1) is 0 Å². The van der Waals surface area contributed by atoms with E-state index < -0.39 is 21.7 Å². The Labute approximate surface area is 152 Å². The van der Waals surface area contributed by atoms with Crippen molar-refractivity contribution < 1.29 is 26.3 Å². The van der Waals surface area contributed by atoms with E-state index in [1.54, 1.807) is 7.05 Å². The number of pyridine rings is 1. The first kappa shape index (κ1) is 19.1. The van der Waals surface area contributed by atoms with E-state index in [4.69, 9.17) is 4.74 Å². The third kappa shape index (κ3) is 3.03. The lowest BCUT2D eigenvalue weighted by Crippen LogP contribution is -2.08. The third-order valence-corrected chi connectivity index (χ3v) is 5.86. The number of rotatable bonds is 4. The topological polar surface area (TPSA) is 91.9 Å². The normalized spacial score (nSPS) is 12.7. The van der Waals surface area contributed by atoms with Crippen LogP contribution in [0.15, 0.2) is 17.2 Å². The Kier molecular flexibility index (Phi) is 4.41. The molecule has 0 aliphatic rings. The van der Waals surface area contributed by atoms with Gasteiger partial charge in [0.05, 0.1) is 30.1 Å². The molecule has 0 saturated carbocycles. The Hall–Kier alpha value is -2.63. The number of hydrogen-bond acceptors (Lipinski definition) is 6. The van der Waals surface area contributed by atoms with E-state index >= 15 is 0 Å². The molecule has 146 valence electrons. The van der Waals surface area contributed by atoms with Crippen LogP contribution in [0.4, 0.5) is 13.2 Å². The Morgan fingerprint density at radius 1 is 1.26 bits per heavy atom. The number of halogens is 3. The van der Waals surface area contributed by atoms with Crippen LogP contribution >= 0.6 is 0 Å². The molecule has 0 N–H and O–H groups in total. The first-order chi connectivity index (χ1) is 12.5. The maximum atomic E-state index is 12.9. The second-order valence-electron chi connectivity index (χ2n) is 5.76. The van der Waals surface area contributed by atoms with E-state index in [1.165, 1.54) is 30.3 Å². The first-order valence-electron chi connectivity index (χ1n) is 7.75. The number of aromatic nitrogens is 5. The highest BCUT2D eigenvalue weighted by Gasteiger charge is 2.34. The molecule has 0 radical (unpaired) electrons. The van der Waals surface area contributed by atoms with Gasteiger partial charge in [-0.1, -0.05) is 6.92 Å². The number of alkyl halides is 3. The molecule has 0 aromatic carbocycles. The van der Waals surface area contributed by atoms with Gasteiger partial charge in [0.15, 0.2) is 26.3 Å². The molecule has 0 atom stereocenters. The summed E-state index contributed by atoms with van der Waals surface area (Å²) in [5.41, 5.74) is -0.745. The number of ether oxygens (including phenoxy) is 1. The molecule has 27 heavy (non-hydrogen) atoms. The van der Waals surface area contributed by atoms with Crippen LogP contribution in [0.1, 0.15) is 12.6 Å². The van der Waals surface area contributed by atoms with Crippen molar-refractivity contribution in [3.8, 4) is 17.4 Å². The van der Waals surface area contributed by atoms with Crippen LogP contribution in [0, 0.1) is 0 Å². The Balaban J connectivity index is 2.32. The van der Waals surface area contributed by atoms with Gasteiger partial charge >= 0.3 is 6.18 Å². The van der Waals surface area contributed by atoms with Crippen molar-refractivity contribution in [2.75, 3.05) is 12.9 Å². The van der Waals surface area contributed by atoms with E-state index in [-0.39, 0.29) is 33.6 Å².